The average Bonchev–Trinajstić information content (AvgIpc) is 2.26. The highest BCUT2D eigenvalue weighted by molar-refractivity contribution is 4.82. The van der Waals surface area contributed by atoms with Crippen LogP contribution in [-0.2, 0) is 0 Å². The summed E-state index contributed by atoms with van der Waals surface area (Å²) in [5.74, 6) is 0. The van der Waals surface area contributed by atoms with Crippen molar-refractivity contribution in [3.63, 3.8) is 0 Å². The molecule has 0 bridgehead atoms. The summed E-state index contributed by atoms with van der Waals surface area (Å²) >= 11 is 0. The van der Waals surface area contributed by atoms with E-state index in [2.05, 4.69) is 25.7 Å². The molecule has 88 valence electrons. The molecular formula is C15H28. The zero-order valence-electron chi connectivity index (χ0n) is 10.5. The summed E-state index contributed by atoms with van der Waals surface area (Å²) in [6.45, 7) is 5.99. The Morgan fingerprint density at radius 2 is 1.33 bits per heavy atom. The molecule has 0 rings (SSSR count). The Kier molecular flexibility index (Phi) is 13.0. The minimum absolute atomic E-state index is 1.15. The molecule has 0 radical (unpaired) electrons. The van der Waals surface area contributed by atoms with E-state index in [0.717, 1.165) is 6.42 Å². The van der Waals surface area contributed by atoms with E-state index in [1.54, 1.807) is 0 Å². The van der Waals surface area contributed by atoms with Gasteiger partial charge in [0.25, 0.3) is 0 Å². The third kappa shape index (κ3) is 13.5. The summed E-state index contributed by atoms with van der Waals surface area (Å²) < 4.78 is 0. The normalized spacial score (nSPS) is 11.0. The van der Waals surface area contributed by atoms with Crippen LogP contribution < -0.4 is 0 Å². The molecule has 0 unspecified atom stereocenters. The van der Waals surface area contributed by atoms with E-state index in [9.17, 15) is 0 Å². The zero-order valence-corrected chi connectivity index (χ0v) is 10.5. The molecule has 15 heavy (non-hydrogen) atoms. The van der Waals surface area contributed by atoms with Crippen LogP contribution in [0, 0.1) is 0 Å². The van der Waals surface area contributed by atoms with Gasteiger partial charge in [-0.1, -0.05) is 57.3 Å². The first-order chi connectivity index (χ1) is 7.41. The van der Waals surface area contributed by atoms with Crippen molar-refractivity contribution in [3.8, 4) is 0 Å². The van der Waals surface area contributed by atoms with Gasteiger partial charge in [-0.25, -0.2) is 0 Å². The van der Waals surface area contributed by atoms with Gasteiger partial charge in [-0.15, -0.1) is 6.58 Å². The number of allylic oxidation sites excluding steroid dienone is 3. The third-order valence-corrected chi connectivity index (χ3v) is 2.67. The average molecular weight is 208 g/mol. The quantitative estimate of drug-likeness (QED) is 0.304. The molecule has 0 aromatic rings. The minimum Gasteiger partial charge on any atom is -0.103 e. The number of rotatable bonds is 11. The van der Waals surface area contributed by atoms with Crippen LogP contribution in [0.2, 0.25) is 0 Å². The van der Waals surface area contributed by atoms with E-state index in [0.29, 0.717) is 0 Å². The highest BCUT2D eigenvalue weighted by Gasteiger charge is 1.87. The highest BCUT2D eigenvalue weighted by Crippen LogP contribution is 2.07. The lowest BCUT2D eigenvalue weighted by molar-refractivity contribution is 0.611. The first-order valence-corrected chi connectivity index (χ1v) is 6.67. The summed E-state index contributed by atoms with van der Waals surface area (Å²) in [5, 5.41) is 0. The van der Waals surface area contributed by atoms with Crippen LogP contribution in [0.5, 0.6) is 0 Å². The standard InChI is InChI=1S/C15H28/c1-3-5-7-9-11-13-15-14-12-10-8-6-4-2/h3,11,13H,1,4-10,12,14-15H2,2H3. The summed E-state index contributed by atoms with van der Waals surface area (Å²) in [5.41, 5.74) is 0. The van der Waals surface area contributed by atoms with Gasteiger partial charge >= 0.3 is 0 Å². The van der Waals surface area contributed by atoms with E-state index in [-0.39, 0.29) is 0 Å². The van der Waals surface area contributed by atoms with Crippen molar-refractivity contribution in [3.05, 3.63) is 24.8 Å². The Bertz CT molecular complexity index is 144. The lowest BCUT2D eigenvalue weighted by Gasteiger charge is -1.97. The second-order valence-corrected chi connectivity index (χ2v) is 4.25. The summed E-state index contributed by atoms with van der Waals surface area (Å²) in [6, 6.07) is 0. The molecule has 0 fully saturated rings. The van der Waals surface area contributed by atoms with Crippen LogP contribution in [0.1, 0.15) is 71.1 Å². The second-order valence-electron chi connectivity index (χ2n) is 4.25. The van der Waals surface area contributed by atoms with Crippen molar-refractivity contribution in [2.75, 3.05) is 0 Å². The van der Waals surface area contributed by atoms with Gasteiger partial charge in [-0.2, -0.15) is 0 Å². The maximum Gasteiger partial charge on any atom is -0.0348 e. The topological polar surface area (TPSA) is 0 Å². The Labute approximate surface area is 96.5 Å². The molecule has 0 amide bonds. The molecule has 0 atom stereocenters. The Hall–Kier alpha value is -0.520. The lowest BCUT2D eigenvalue weighted by atomic mass is 10.1. The maximum absolute atomic E-state index is 3.72. The molecule has 0 aliphatic heterocycles. The molecular weight excluding hydrogens is 180 g/mol. The van der Waals surface area contributed by atoms with Gasteiger partial charge in [0.05, 0.1) is 0 Å². The largest absolute Gasteiger partial charge is 0.103 e. The van der Waals surface area contributed by atoms with Crippen LogP contribution in [-0.4, -0.2) is 0 Å². The fraction of sp³-hybridized carbons (Fsp3) is 0.733. The van der Waals surface area contributed by atoms with Crippen LogP contribution in [0.3, 0.4) is 0 Å². The van der Waals surface area contributed by atoms with E-state index in [1.165, 1.54) is 57.8 Å². The van der Waals surface area contributed by atoms with Gasteiger partial charge < -0.3 is 0 Å². The predicted molar refractivity (Wildman–Crippen MR) is 71.2 cm³/mol. The molecule has 0 aromatic carbocycles. The van der Waals surface area contributed by atoms with Crippen LogP contribution in [0.4, 0.5) is 0 Å². The maximum atomic E-state index is 3.72. The first-order valence-electron chi connectivity index (χ1n) is 6.67. The van der Waals surface area contributed by atoms with Crippen molar-refractivity contribution in [1.29, 1.82) is 0 Å². The molecule has 0 nitrogen and oxygen atoms in total. The Balaban J connectivity index is 2.99. The molecule has 0 saturated heterocycles. The Morgan fingerprint density at radius 3 is 2.00 bits per heavy atom. The van der Waals surface area contributed by atoms with Crippen LogP contribution in [0.25, 0.3) is 0 Å². The second kappa shape index (κ2) is 13.5. The molecule has 0 aromatic heterocycles. The Morgan fingerprint density at radius 1 is 0.733 bits per heavy atom. The minimum atomic E-state index is 1.15. The fourth-order valence-corrected chi connectivity index (χ4v) is 1.66. The highest BCUT2D eigenvalue weighted by atomic mass is 13.9. The van der Waals surface area contributed by atoms with Crippen molar-refractivity contribution < 1.29 is 0 Å². The summed E-state index contributed by atoms with van der Waals surface area (Å²) in [6.07, 6.45) is 20.0. The van der Waals surface area contributed by atoms with Crippen molar-refractivity contribution >= 4 is 0 Å². The van der Waals surface area contributed by atoms with E-state index < -0.39 is 0 Å². The van der Waals surface area contributed by atoms with Crippen molar-refractivity contribution in [1.82, 2.24) is 0 Å². The van der Waals surface area contributed by atoms with Gasteiger partial charge in [-0.3, -0.25) is 0 Å². The van der Waals surface area contributed by atoms with Crippen LogP contribution >= 0.6 is 0 Å². The van der Waals surface area contributed by atoms with Gasteiger partial charge in [0.15, 0.2) is 0 Å². The smallest absolute Gasteiger partial charge is 0.0348 e. The number of unbranched alkanes of at least 4 members (excludes halogenated alkanes) is 8. The van der Waals surface area contributed by atoms with Crippen LogP contribution in [0.15, 0.2) is 24.8 Å². The monoisotopic (exact) mass is 208 g/mol. The molecule has 0 saturated carbocycles. The fourth-order valence-electron chi connectivity index (χ4n) is 1.66. The molecule has 0 spiro atoms. The molecule has 0 heteroatoms. The summed E-state index contributed by atoms with van der Waals surface area (Å²) in [4.78, 5) is 0. The third-order valence-electron chi connectivity index (χ3n) is 2.67. The molecule has 0 N–H and O–H groups in total. The van der Waals surface area contributed by atoms with Crippen molar-refractivity contribution in [2.24, 2.45) is 0 Å². The van der Waals surface area contributed by atoms with Gasteiger partial charge in [0.2, 0.25) is 0 Å². The van der Waals surface area contributed by atoms with E-state index >= 15 is 0 Å². The van der Waals surface area contributed by atoms with Crippen molar-refractivity contribution in [2.45, 2.75) is 71.1 Å². The molecule has 0 aliphatic carbocycles. The first kappa shape index (κ1) is 14.5. The number of hydrogen-bond donors (Lipinski definition) is 0. The number of hydrogen-bond acceptors (Lipinski definition) is 0. The molecule has 0 aliphatic rings. The molecule has 0 heterocycles. The predicted octanol–water partition coefficient (Wildman–Crippen LogP) is 5.65. The van der Waals surface area contributed by atoms with Gasteiger partial charge in [-0.05, 0) is 32.1 Å². The SMILES string of the molecule is C=CCCCC=CCCCCCCCC. The van der Waals surface area contributed by atoms with E-state index in [1.807, 2.05) is 6.08 Å². The zero-order chi connectivity index (χ0) is 11.2. The summed E-state index contributed by atoms with van der Waals surface area (Å²) in [7, 11) is 0. The van der Waals surface area contributed by atoms with Gasteiger partial charge in [0, 0.05) is 0 Å². The van der Waals surface area contributed by atoms with E-state index in [4.69, 9.17) is 0 Å². The lowest BCUT2D eigenvalue weighted by Crippen LogP contribution is -1.77. The van der Waals surface area contributed by atoms with Gasteiger partial charge in [0.1, 0.15) is 0 Å².